The van der Waals surface area contributed by atoms with Crippen molar-refractivity contribution < 1.29 is 4.79 Å². The molecule has 1 aliphatic heterocycles. The normalized spacial score (nSPS) is 22.6. The molecule has 4 nitrogen and oxygen atoms in total. The van der Waals surface area contributed by atoms with Gasteiger partial charge in [0.1, 0.15) is 0 Å². The van der Waals surface area contributed by atoms with Crippen LogP contribution in [0, 0.1) is 5.92 Å². The van der Waals surface area contributed by atoms with Gasteiger partial charge in [0.15, 0.2) is 0 Å². The summed E-state index contributed by atoms with van der Waals surface area (Å²) in [5.74, 6) is 1.19. The number of likely N-dealkylation sites (tertiary alicyclic amines) is 1. The number of para-hydroxylation sites is 2. The molecule has 2 aromatic heterocycles. The number of thiazole rings is 2. The van der Waals surface area contributed by atoms with Crippen molar-refractivity contribution in [3.63, 3.8) is 0 Å². The summed E-state index contributed by atoms with van der Waals surface area (Å²) in [4.78, 5) is 25.6. The number of hydrogen-bond acceptors (Lipinski definition) is 5. The Hall–Kier alpha value is -2.31. The minimum atomic E-state index is 0.0864. The van der Waals surface area contributed by atoms with Crippen LogP contribution in [0.3, 0.4) is 0 Å². The lowest BCUT2D eigenvalue weighted by Crippen LogP contribution is -2.43. The number of carbonyl (C=O) groups excluding carboxylic acids is 1. The number of benzene rings is 2. The highest BCUT2D eigenvalue weighted by molar-refractivity contribution is 7.19. The zero-order valence-electron chi connectivity index (χ0n) is 18.1. The highest BCUT2D eigenvalue weighted by Crippen LogP contribution is 2.42. The van der Waals surface area contributed by atoms with Gasteiger partial charge in [-0.3, -0.25) is 4.79 Å². The third-order valence-electron chi connectivity index (χ3n) is 7.18. The van der Waals surface area contributed by atoms with Crippen LogP contribution in [0.15, 0.2) is 48.5 Å². The predicted octanol–water partition coefficient (Wildman–Crippen LogP) is 6.59. The van der Waals surface area contributed by atoms with E-state index in [1.165, 1.54) is 20.8 Å². The minimum absolute atomic E-state index is 0.0864. The van der Waals surface area contributed by atoms with Crippen molar-refractivity contribution in [1.82, 2.24) is 14.9 Å². The maximum atomic E-state index is 13.6. The van der Waals surface area contributed by atoms with Crippen molar-refractivity contribution in [3.8, 4) is 0 Å². The SMILES string of the molecule is O=C(C1CCCCC1c1nc2ccccc2s1)N1CCC(c2nc3ccccc3s2)CC1. The summed E-state index contributed by atoms with van der Waals surface area (Å²) in [5, 5.41) is 2.40. The van der Waals surface area contributed by atoms with Gasteiger partial charge in [0.2, 0.25) is 5.91 Å². The molecule has 32 heavy (non-hydrogen) atoms. The summed E-state index contributed by atoms with van der Waals surface area (Å²) in [6.45, 7) is 1.70. The monoisotopic (exact) mass is 461 g/mol. The maximum Gasteiger partial charge on any atom is 0.226 e. The second-order valence-electron chi connectivity index (χ2n) is 9.14. The van der Waals surface area contributed by atoms with Crippen molar-refractivity contribution in [3.05, 3.63) is 58.5 Å². The smallest absolute Gasteiger partial charge is 0.226 e. The number of aromatic nitrogens is 2. The number of nitrogens with zero attached hydrogens (tertiary/aromatic N) is 3. The fourth-order valence-electron chi connectivity index (χ4n) is 5.42. The van der Waals surface area contributed by atoms with Crippen molar-refractivity contribution in [2.45, 2.75) is 50.4 Å². The van der Waals surface area contributed by atoms with E-state index < -0.39 is 0 Å². The minimum Gasteiger partial charge on any atom is -0.342 e. The molecular weight excluding hydrogens is 434 g/mol. The molecule has 2 aliphatic rings. The van der Waals surface area contributed by atoms with E-state index in [0.29, 0.717) is 11.8 Å². The lowest BCUT2D eigenvalue weighted by molar-refractivity contribution is -0.138. The third kappa shape index (κ3) is 3.73. The summed E-state index contributed by atoms with van der Waals surface area (Å²) in [6.07, 6.45) is 6.47. The molecule has 2 unspecified atom stereocenters. The van der Waals surface area contributed by atoms with Crippen LogP contribution in [-0.4, -0.2) is 33.9 Å². The Bertz CT molecular complexity index is 1190. The first-order valence-electron chi connectivity index (χ1n) is 11.8. The zero-order valence-corrected chi connectivity index (χ0v) is 19.7. The fraction of sp³-hybridized carbons (Fsp3) is 0.423. The Morgan fingerprint density at radius 3 is 2.06 bits per heavy atom. The zero-order chi connectivity index (χ0) is 21.5. The van der Waals surface area contributed by atoms with E-state index in [2.05, 4.69) is 47.4 Å². The van der Waals surface area contributed by atoms with E-state index >= 15 is 0 Å². The molecule has 2 aromatic carbocycles. The van der Waals surface area contributed by atoms with Gasteiger partial charge in [-0.1, -0.05) is 37.1 Å². The van der Waals surface area contributed by atoms with E-state index in [1.807, 2.05) is 17.4 Å². The highest BCUT2D eigenvalue weighted by atomic mass is 32.1. The number of fused-ring (bicyclic) bond motifs is 2. The standard InChI is InChI=1S/C26H27N3OS2/c30-26(19-8-2-1-7-18(19)25-28-21-10-4-6-12-23(21)32-25)29-15-13-17(14-16-29)24-27-20-9-3-5-11-22(20)31-24/h3-6,9-12,17-19H,1-2,7-8,13-16H2. The summed E-state index contributed by atoms with van der Waals surface area (Å²) in [5.41, 5.74) is 2.17. The number of rotatable bonds is 3. The van der Waals surface area contributed by atoms with Crippen LogP contribution in [0.1, 0.15) is 60.4 Å². The summed E-state index contributed by atoms with van der Waals surface area (Å²) < 4.78 is 2.50. The van der Waals surface area contributed by atoms with Crippen LogP contribution in [-0.2, 0) is 4.79 Å². The van der Waals surface area contributed by atoms with Gasteiger partial charge < -0.3 is 4.90 Å². The summed E-state index contributed by atoms with van der Waals surface area (Å²) >= 11 is 3.60. The van der Waals surface area contributed by atoms with Crippen LogP contribution < -0.4 is 0 Å². The average Bonchev–Trinajstić information content (AvgIpc) is 3.48. The van der Waals surface area contributed by atoms with Gasteiger partial charge in [-0.15, -0.1) is 22.7 Å². The van der Waals surface area contributed by atoms with Crippen LogP contribution in [0.2, 0.25) is 0 Å². The second-order valence-corrected chi connectivity index (χ2v) is 11.3. The molecule has 0 N–H and O–H groups in total. The number of hydrogen-bond donors (Lipinski definition) is 0. The van der Waals surface area contributed by atoms with Gasteiger partial charge in [0.05, 0.1) is 30.4 Å². The quantitative estimate of drug-likeness (QED) is 0.346. The van der Waals surface area contributed by atoms with E-state index in [0.717, 1.165) is 61.2 Å². The molecule has 0 bridgehead atoms. The van der Waals surface area contributed by atoms with Gasteiger partial charge in [-0.2, -0.15) is 0 Å². The van der Waals surface area contributed by atoms with Crippen molar-refractivity contribution >= 4 is 49.0 Å². The molecular formula is C26H27N3OS2. The Kier molecular flexibility index (Phi) is 5.43. The molecule has 2 atom stereocenters. The maximum absolute atomic E-state index is 13.6. The van der Waals surface area contributed by atoms with E-state index in [1.54, 1.807) is 11.3 Å². The van der Waals surface area contributed by atoms with Crippen molar-refractivity contribution in [2.75, 3.05) is 13.1 Å². The first-order valence-corrected chi connectivity index (χ1v) is 13.4. The number of piperidine rings is 1. The topological polar surface area (TPSA) is 46.1 Å². The molecule has 6 heteroatoms. The molecule has 164 valence electrons. The van der Waals surface area contributed by atoms with Crippen LogP contribution in [0.4, 0.5) is 0 Å². The Balaban J connectivity index is 1.16. The van der Waals surface area contributed by atoms with Gasteiger partial charge in [-0.25, -0.2) is 9.97 Å². The lowest BCUT2D eigenvalue weighted by Gasteiger charge is -2.37. The Morgan fingerprint density at radius 1 is 0.781 bits per heavy atom. The van der Waals surface area contributed by atoms with Crippen LogP contribution in [0.25, 0.3) is 20.4 Å². The summed E-state index contributed by atoms with van der Waals surface area (Å²) in [7, 11) is 0. The van der Waals surface area contributed by atoms with Crippen LogP contribution >= 0.6 is 22.7 Å². The fourth-order valence-corrected chi connectivity index (χ4v) is 7.72. The van der Waals surface area contributed by atoms with E-state index in [4.69, 9.17) is 9.97 Å². The molecule has 4 aromatic rings. The lowest BCUT2D eigenvalue weighted by atomic mass is 9.78. The molecule has 1 saturated heterocycles. The second kappa shape index (κ2) is 8.56. The summed E-state index contributed by atoms with van der Waals surface area (Å²) in [6, 6.07) is 16.7. The molecule has 1 aliphatic carbocycles. The molecule has 3 heterocycles. The number of amides is 1. The highest BCUT2D eigenvalue weighted by Gasteiger charge is 2.37. The first kappa shape index (κ1) is 20.3. The largest absolute Gasteiger partial charge is 0.342 e. The van der Waals surface area contributed by atoms with Crippen molar-refractivity contribution in [1.29, 1.82) is 0 Å². The predicted molar refractivity (Wildman–Crippen MR) is 132 cm³/mol. The van der Waals surface area contributed by atoms with Gasteiger partial charge in [-0.05, 0) is 49.9 Å². The van der Waals surface area contributed by atoms with Gasteiger partial charge in [0, 0.05) is 30.8 Å². The van der Waals surface area contributed by atoms with Gasteiger partial charge >= 0.3 is 0 Å². The number of carbonyl (C=O) groups is 1. The van der Waals surface area contributed by atoms with E-state index in [-0.39, 0.29) is 11.8 Å². The van der Waals surface area contributed by atoms with E-state index in [9.17, 15) is 4.79 Å². The van der Waals surface area contributed by atoms with Gasteiger partial charge in [0.25, 0.3) is 0 Å². The molecule has 0 radical (unpaired) electrons. The molecule has 2 fully saturated rings. The Morgan fingerprint density at radius 2 is 1.38 bits per heavy atom. The van der Waals surface area contributed by atoms with Crippen molar-refractivity contribution in [2.24, 2.45) is 5.92 Å². The average molecular weight is 462 g/mol. The third-order valence-corrected chi connectivity index (χ3v) is 9.54. The molecule has 6 rings (SSSR count). The van der Waals surface area contributed by atoms with Crippen LogP contribution in [0.5, 0.6) is 0 Å². The molecule has 0 spiro atoms. The molecule has 1 amide bonds. The Labute approximate surface area is 196 Å². The molecule has 1 saturated carbocycles. The first-order chi connectivity index (χ1) is 15.8.